The van der Waals surface area contributed by atoms with Crippen molar-refractivity contribution in [1.29, 1.82) is 0 Å². The molecule has 0 atom stereocenters. The number of benzene rings is 2. The smallest absolute Gasteiger partial charge is 0.218 e. The molecule has 4 aromatic rings. The summed E-state index contributed by atoms with van der Waals surface area (Å²) < 4.78 is 4.56. The average molecular weight is 444 g/mol. The van der Waals surface area contributed by atoms with Gasteiger partial charge in [0.05, 0.1) is 22.1 Å². The van der Waals surface area contributed by atoms with Gasteiger partial charge in [-0.3, -0.25) is 19.0 Å². The van der Waals surface area contributed by atoms with Crippen molar-refractivity contribution in [2.75, 3.05) is 0 Å². The van der Waals surface area contributed by atoms with Gasteiger partial charge in [0, 0.05) is 17.3 Å². The Labute approximate surface area is 196 Å². The molecule has 5 heteroatoms. The molecule has 0 fully saturated rings. The van der Waals surface area contributed by atoms with Crippen molar-refractivity contribution in [1.82, 2.24) is 14.0 Å². The maximum Gasteiger partial charge on any atom is 0.218 e. The van der Waals surface area contributed by atoms with Crippen LogP contribution in [0.4, 0.5) is 0 Å². The summed E-state index contributed by atoms with van der Waals surface area (Å²) in [4.78, 5) is 15.6. The predicted octanol–water partition coefficient (Wildman–Crippen LogP) is 5.95. The second-order valence-corrected chi connectivity index (χ2v) is 11.0. The molecule has 2 heterocycles. The minimum absolute atomic E-state index is 0.210. The van der Waals surface area contributed by atoms with E-state index in [1.165, 1.54) is 5.56 Å². The highest BCUT2D eigenvalue weighted by Gasteiger charge is 2.18. The summed E-state index contributed by atoms with van der Waals surface area (Å²) in [7, 11) is 0. The number of nitrogens with zero attached hydrogens (tertiary/aromatic N) is 5. The quantitative estimate of drug-likeness (QED) is 0.285. The molecular formula is C28H37N5. The number of rotatable bonds is 3. The Balaban J connectivity index is 2.41. The molecule has 4 rings (SSSR count). The summed E-state index contributed by atoms with van der Waals surface area (Å²) in [5, 5.41) is 2.20. The maximum absolute atomic E-state index is 5.23. The molecule has 5 nitrogen and oxygen atoms in total. The topological polar surface area (TPSA) is 47.0 Å². The summed E-state index contributed by atoms with van der Waals surface area (Å²) in [5.74, 6) is 0.893. The van der Waals surface area contributed by atoms with E-state index in [1.807, 2.05) is 6.07 Å². The molecule has 0 bridgehead atoms. The van der Waals surface area contributed by atoms with Crippen LogP contribution in [0.5, 0.6) is 0 Å². The second-order valence-electron chi connectivity index (χ2n) is 11.0. The minimum Gasteiger partial charge on any atom is -0.296 e. The normalized spacial score (nSPS) is 14.2. The zero-order chi connectivity index (χ0) is 24.0. The largest absolute Gasteiger partial charge is 0.296 e. The van der Waals surface area contributed by atoms with Crippen molar-refractivity contribution < 1.29 is 0 Å². The molecule has 0 amide bonds. The van der Waals surface area contributed by atoms with Crippen LogP contribution in [0.2, 0.25) is 0 Å². The molecule has 0 aliphatic rings. The van der Waals surface area contributed by atoms with Crippen LogP contribution in [-0.2, 0) is 6.54 Å². The van der Waals surface area contributed by atoms with Crippen molar-refractivity contribution in [2.45, 2.75) is 85.9 Å². The SMILES string of the molecule is CCCCn1c(=NC(C)(C)C)c2cc(C)ccc2n2c(=NC(C)(C)C)c3ccccc3nc12. The number of aryl methyl sites for hydroxylation is 2. The van der Waals surface area contributed by atoms with E-state index in [4.69, 9.17) is 15.0 Å². The van der Waals surface area contributed by atoms with Crippen molar-refractivity contribution in [3.8, 4) is 0 Å². The molecule has 0 saturated carbocycles. The van der Waals surface area contributed by atoms with Crippen LogP contribution in [0.25, 0.3) is 27.6 Å². The van der Waals surface area contributed by atoms with E-state index in [9.17, 15) is 0 Å². The number of para-hydroxylation sites is 1. The van der Waals surface area contributed by atoms with E-state index in [0.29, 0.717) is 0 Å². The Morgan fingerprint density at radius 1 is 0.848 bits per heavy atom. The van der Waals surface area contributed by atoms with Gasteiger partial charge in [0.1, 0.15) is 11.0 Å². The first-order chi connectivity index (χ1) is 15.5. The van der Waals surface area contributed by atoms with Gasteiger partial charge in [0.25, 0.3) is 0 Å². The van der Waals surface area contributed by atoms with Gasteiger partial charge in [-0.05, 0) is 79.2 Å². The second kappa shape index (κ2) is 8.44. The molecular weight excluding hydrogens is 406 g/mol. The molecule has 0 aliphatic heterocycles. The van der Waals surface area contributed by atoms with E-state index in [2.05, 4.69) is 101 Å². The van der Waals surface area contributed by atoms with Crippen molar-refractivity contribution in [3.63, 3.8) is 0 Å². The minimum atomic E-state index is -0.232. The lowest BCUT2D eigenvalue weighted by molar-refractivity contribution is 0.533. The lowest BCUT2D eigenvalue weighted by atomic mass is 10.1. The maximum atomic E-state index is 5.23. The first kappa shape index (κ1) is 23.2. The van der Waals surface area contributed by atoms with E-state index >= 15 is 0 Å². The standard InChI is InChI=1S/C28H37N5/c1-9-10-17-32-24(30-27(3,4)5)21-18-19(2)15-16-23(21)33-25(31-28(6,7)8)20-13-11-12-14-22(20)29-26(32)33/h11-16,18H,9-10,17H2,1-8H3. The first-order valence-electron chi connectivity index (χ1n) is 12.0. The number of hydrogen-bond acceptors (Lipinski definition) is 3. The highest BCUT2D eigenvalue weighted by molar-refractivity contribution is 5.85. The highest BCUT2D eigenvalue weighted by Crippen LogP contribution is 2.19. The number of hydrogen-bond donors (Lipinski definition) is 0. The highest BCUT2D eigenvalue weighted by atomic mass is 15.2. The van der Waals surface area contributed by atoms with Gasteiger partial charge in [0.2, 0.25) is 5.78 Å². The van der Waals surface area contributed by atoms with Gasteiger partial charge in [-0.1, -0.05) is 37.1 Å². The fourth-order valence-electron chi connectivity index (χ4n) is 4.19. The Kier molecular flexibility index (Phi) is 5.94. The summed E-state index contributed by atoms with van der Waals surface area (Å²) in [5.41, 5.74) is 4.77. The number of fused-ring (bicyclic) bond motifs is 4. The summed E-state index contributed by atoms with van der Waals surface area (Å²) in [6.45, 7) is 18.1. The fraction of sp³-hybridized carbons (Fsp3) is 0.464. The molecule has 0 spiro atoms. The van der Waals surface area contributed by atoms with Crippen LogP contribution in [-0.4, -0.2) is 25.0 Å². The first-order valence-corrected chi connectivity index (χ1v) is 12.0. The van der Waals surface area contributed by atoms with Gasteiger partial charge in [-0.25, -0.2) is 4.98 Å². The fourth-order valence-corrected chi connectivity index (χ4v) is 4.19. The van der Waals surface area contributed by atoms with Gasteiger partial charge in [-0.15, -0.1) is 0 Å². The zero-order valence-corrected chi connectivity index (χ0v) is 21.4. The van der Waals surface area contributed by atoms with Gasteiger partial charge in [0.15, 0.2) is 0 Å². The van der Waals surface area contributed by atoms with Crippen LogP contribution in [0.1, 0.15) is 66.9 Å². The van der Waals surface area contributed by atoms with Crippen LogP contribution < -0.4 is 11.0 Å². The molecule has 174 valence electrons. The van der Waals surface area contributed by atoms with Gasteiger partial charge in [-0.2, -0.15) is 0 Å². The van der Waals surface area contributed by atoms with E-state index in [1.54, 1.807) is 0 Å². The average Bonchev–Trinajstić information content (AvgIpc) is 2.71. The van der Waals surface area contributed by atoms with E-state index in [0.717, 1.165) is 57.9 Å². The predicted molar refractivity (Wildman–Crippen MR) is 138 cm³/mol. The van der Waals surface area contributed by atoms with Crippen LogP contribution in [0.15, 0.2) is 52.4 Å². The Morgan fingerprint density at radius 2 is 1.52 bits per heavy atom. The third-order valence-electron chi connectivity index (χ3n) is 5.53. The molecule has 2 aromatic carbocycles. The van der Waals surface area contributed by atoms with Gasteiger partial charge < -0.3 is 0 Å². The zero-order valence-electron chi connectivity index (χ0n) is 21.4. The number of aromatic nitrogens is 3. The Bertz CT molecular complexity index is 1470. The van der Waals surface area contributed by atoms with Crippen molar-refractivity contribution >= 4 is 27.6 Å². The lowest BCUT2D eigenvalue weighted by Gasteiger charge is -2.21. The molecule has 0 N–H and O–H groups in total. The Hall–Kier alpha value is -2.95. The molecule has 33 heavy (non-hydrogen) atoms. The molecule has 2 aromatic heterocycles. The van der Waals surface area contributed by atoms with Crippen LogP contribution in [0, 0.1) is 6.92 Å². The molecule has 0 radical (unpaired) electrons. The summed E-state index contributed by atoms with van der Waals surface area (Å²) >= 11 is 0. The monoisotopic (exact) mass is 443 g/mol. The van der Waals surface area contributed by atoms with E-state index in [-0.39, 0.29) is 11.1 Å². The summed E-state index contributed by atoms with van der Waals surface area (Å²) in [6, 6.07) is 15.0. The molecule has 0 aliphatic carbocycles. The van der Waals surface area contributed by atoms with Crippen LogP contribution >= 0.6 is 0 Å². The van der Waals surface area contributed by atoms with Gasteiger partial charge >= 0.3 is 0 Å². The summed E-state index contributed by atoms with van der Waals surface area (Å²) in [6.07, 6.45) is 2.16. The molecule has 0 saturated heterocycles. The molecule has 0 unspecified atom stereocenters. The van der Waals surface area contributed by atoms with Crippen LogP contribution in [0.3, 0.4) is 0 Å². The van der Waals surface area contributed by atoms with E-state index < -0.39 is 0 Å². The Morgan fingerprint density at radius 3 is 2.18 bits per heavy atom. The number of unbranched alkanes of at least 4 members (excludes halogenated alkanes) is 1. The van der Waals surface area contributed by atoms with Crippen molar-refractivity contribution in [2.24, 2.45) is 9.98 Å². The van der Waals surface area contributed by atoms with Crippen molar-refractivity contribution in [3.05, 3.63) is 59.0 Å². The third kappa shape index (κ3) is 4.73. The lowest BCUT2D eigenvalue weighted by Crippen LogP contribution is -2.33. The third-order valence-corrected chi connectivity index (χ3v) is 5.53.